The summed E-state index contributed by atoms with van der Waals surface area (Å²) in [6, 6.07) is 14.4. The van der Waals surface area contributed by atoms with E-state index in [0.29, 0.717) is 0 Å². The second-order valence-electron chi connectivity index (χ2n) is 8.35. The van der Waals surface area contributed by atoms with Gasteiger partial charge in [-0.3, -0.25) is 14.4 Å². The molecule has 0 bridgehead atoms. The summed E-state index contributed by atoms with van der Waals surface area (Å²) in [6.07, 6.45) is 5.14. The Balaban J connectivity index is 1.73. The number of carbonyl (C=O) groups excluding carboxylic acids is 3. The summed E-state index contributed by atoms with van der Waals surface area (Å²) in [5.74, 6) is -0.515. The number of rotatable bonds is 2. The SMILES string of the molecule is Cc1cc(C)cc([C@@H]2C(=O)N[C@@H]3CC(=O)C=C[C@@]34C(c3ccccc3)=CC(=O)N24)c1. The fraction of sp³-hybridized carbons (Fsp3) is 0.240. The minimum Gasteiger partial charge on any atom is -0.348 e. The molecule has 0 saturated carbocycles. The van der Waals surface area contributed by atoms with Gasteiger partial charge in [-0.15, -0.1) is 0 Å². The molecule has 3 atom stereocenters. The largest absolute Gasteiger partial charge is 0.348 e. The average Bonchev–Trinajstić information content (AvgIpc) is 2.99. The van der Waals surface area contributed by atoms with Crippen LogP contribution < -0.4 is 5.32 Å². The molecule has 2 amide bonds. The Kier molecular flexibility index (Phi) is 4.03. The van der Waals surface area contributed by atoms with Crippen molar-refractivity contribution in [2.75, 3.05) is 0 Å². The topological polar surface area (TPSA) is 66.5 Å². The molecule has 150 valence electrons. The van der Waals surface area contributed by atoms with Gasteiger partial charge in [0.15, 0.2) is 5.78 Å². The van der Waals surface area contributed by atoms with Crippen molar-refractivity contribution in [3.05, 3.63) is 89.0 Å². The monoisotopic (exact) mass is 398 g/mol. The molecular weight excluding hydrogens is 376 g/mol. The molecule has 2 aromatic carbocycles. The van der Waals surface area contributed by atoms with Crippen LogP contribution in [0.25, 0.3) is 5.57 Å². The number of aryl methyl sites for hydroxylation is 2. The van der Waals surface area contributed by atoms with Crippen molar-refractivity contribution in [3.8, 4) is 0 Å². The van der Waals surface area contributed by atoms with Crippen molar-refractivity contribution in [1.29, 1.82) is 0 Å². The van der Waals surface area contributed by atoms with E-state index >= 15 is 0 Å². The van der Waals surface area contributed by atoms with Gasteiger partial charge in [-0.05, 0) is 42.7 Å². The molecule has 3 aliphatic rings. The van der Waals surface area contributed by atoms with Crippen molar-refractivity contribution in [2.45, 2.75) is 37.9 Å². The quantitative estimate of drug-likeness (QED) is 0.846. The highest BCUT2D eigenvalue weighted by Crippen LogP contribution is 2.50. The van der Waals surface area contributed by atoms with Crippen LogP contribution in [0.2, 0.25) is 0 Å². The highest BCUT2D eigenvalue weighted by atomic mass is 16.2. The van der Waals surface area contributed by atoms with Crippen LogP contribution in [0.1, 0.15) is 34.7 Å². The standard InChI is InChI=1S/C25H22N2O3/c1-15-10-16(2)12-18(11-15)23-24(30)26-21-13-19(28)8-9-25(21)20(14-22(29)27(23)25)17-6-4-3-5-7-17/h3-12,14,21,23H,13H2,1-2H3,(H,26,30)/t21-,23-,25-/m1/s1. The molecule has 1 saturated heterocycles. The molecule has 5 heteroatoms. The van der Waals surface area contributed by atoms with Gasteiger partial charge in [-0.1, -0.05) is 59.7 Å². The van der Waals surface area contributed by atoms with Crippen molar-refractivity contribution in [1.82, 2.24) is 10.2 Å². The van der Waals surface area contributed by atoms with Crippen molar-refractivity contribution in [3.63, 3.8) is 0 Å². The van der Waals surface area contributed by atoms with E-state index in [2.05, 4.69) is 5.32 Å². The minimum atomic E-state index is -0.886. The molecule has 1 fully saturated rings. The summed E-state index contributed by atoms with van der Waals surface area (Å²) < 4.78 is 0. The maximum Gasteiger partial charge on any atom is 0.248 e. The molecule has 5 nitrogen and oxygen atoms in total. The summed E-state index contributed by atoms with van der Waals surface area (Å²) in [5, 5.41) is 3.07. The summed E-state index contributed by atoms with van der Waals surface area (Å²) >= 11 is 0. The van der Waals surface area contributed by atoms with Gasteiger partial charge in [-0.2, -0.15) is 0 Å². The molecule has 2 aliphatic heterocycles. The van der Waals surface area contributed by atoms with Crippen LogP contribution in [0.5, 0.6) is 0 Å². The molecule has 0 radical (unpaired) electrons. The third-order valence-corrected chi connectivity index (χ3v) is 6.26. The lowest BCUT2D eigenvalue weighted by Crippen LogP contribution is -2.69. The maximum absolute atomic E-state index is 13.4. The lowest BCUT2D eigenvalue weighted by molar-refractivity contribution is -0.147. The first-order chi connectivity index (χ1) is 14.4. The fourth-order valence-electron chi connectivity index (χ4n) is 5.18. The molecule has 0 unspecified atom stereocenters. The number of allylic oxidation sites excluding steroid dienone is 1. The molecule has 1 aliphatic carbocycles. The predicted molar refractivity (Wildman–Crippen MR) is 113 cm³/mol. The Morgan fingerprint density at radius 2 is 1.70 bits per heavy atom. The van der Waals surface area contributed by atoms with Crippen LogP contribution in [0, 0.1) is 13.8 Å². The molecule has 5 rings (SSSR count). The number of nitrogens with one attached hydrogen (secondary N) is 1. The van der Waals surface area contributed by atoms with Gasteiger partial charge in [0.25, 0.3) is 0 Å². The summed E-state index contributed by atoms with van der Waals surface area (Å²) in [5.41, 5.74) is 3.69. The van der Waals surface area contributed by atoms with Crippen LogP contribution in [0.3, 0.4) is 0 Å². The first-order valence-corrected chi connectivity index (χ1v) is 10.1. The molecule has 2 heterocycles. The predicted octanol–water partition coefficient (Wildman–Crippen LogP) is 3.04. The average molecular weight is 398 g/mol. The molecule has 1 spiro atoms. The van der Waals surface area contributed by atoms with E-state index in [0.717, 1.165) is 27.8 Å². The molecule has 2 aromatic rings. The van der Waals surface area contributed by atoms with Gasteiger partial charge < -0.3 is 10.2 Å². The van der Waals surface area contributed by atoms with E-state index in [9.17, 15) is 14.4 Å². The Morgan fingerprint density at radius 1 is 1.00 bits per heavy atom. The number of ketones is 1. The minimum absolute atomic E-state index is 0.0533. The third-order valence-electron chi connectivity index (χ3n) is 6.26. The maximum atomic E-state index is 13.4. The first-order valence-electron chi connectivity index (χ1n) is 10.1. The Hall–Kier alpha value is -3.47. The van der Waals surface area contributed by atoms with Gasteiger partial charge in [0, 0.05) is 12.5 Å². The third kappa shape index (κ3) is 2.58. The Bertz CT molecular complexity index is 1130. The van der Waals surface area contributed by atoms with Gasteiger partial charge in [0.05, 0.1) is 6.04 Å². The number of hydrogen-bond donors (Lipinski definition) is 1. The summed E-state index contributed by atoms with van der Waals surface area (Å²) in [4.78, 5) is 40.5. The highest BCUT2D eigenvalue weighted by molar-refractivity contribution is 6.10. The highest BCUT2D eigenvalue weighted by Gasteiger charge is 2.60. The fourth-order valence-corrected chi connectivity index (χ4v) is 5.18. The number of carbonyl (C=O) groups is 3. The van der Waals surface area contributed by atoms with Crippen LogP contribution in [-0.4, -0.2) is 34.1 Å². The van der Waals surface area contributed by atoms with E-state index in [-0.39, 0.29) is 24.0 Å². The number of amides is 2. The molecule has 1 N–H and O–H groups in total. The van der Waals surface area contributed by atoms with Gasteiger partial charge in [-0.25, -0.2) is 0 Å². The van der Waals surface area contributed by atoms with Crippen LogP contribution in [0.4, 0.5) is 0 Å². The van der Waals surface area contributed by atoms with E-state index in [1.54, 1.807) is 17.1 Å². The number of nitrogens with zero attached hydrogens (tertiary/aromatic N) is 1. The second-order valence-corrected chi connectivity index (χ2v) is 8.35. The van der Waals surface area contributed by atoms with Crippen LogP contribution >= 0.6 is 0 Å². The van der Waals surface area contributed by atoms with E-state index in [1.807, 2.05) is 68.5 Å². The molecule has 30 heavy (non-hydrogen) atoms. The van der Waals surface area contributed by atoms with Crippen molar-refractivity contribution >= 4 is 23.2 Å². The Labute approximate surface area is 175 Å². The van der Waals surface area contributed by atoms with E-state index < -0.39 is 17.6 Å². The van der Waals surface area contributed by atoms with Crippen molar-refractivity contribution < 1.29 is 14.4 Å². The van der Waals surface area contributed by atoms with Crippen LogP contribution in [0.15, 0.2) is 66.8 Å². The zero-order chi connectivity index (χ0) is 21.0. The zero-order valence-corrected chi connectivity index (χ0v) is 16.9. The smallest absolute Gasteiger partial charge is 0.248 e. The zero-order valence-electron chi connectivity index (χ0n) is 16.9. The normalized spacial score (nSPS) is 27.5. The second kappa shape index (κ2) is 6.52. The van der Waals surface area contributed by atoms with Crippen LogP contribution in [-0.2, 0) is 14.4 Å². The molecular formula is C25H22N2O3. The van der Waals surface area contributed by atoms with Gasteiger partial charge >= 0.3 is 0 Å². The Morgan fingerprint density at radius 3 is 2.40 bits per heavy atom. The van der Waals surface area contributed by atoms with E-state index in [1.165, 1.54) is 0 Å². The number of hydrogen-bond acceptors (Lipinski definition) is 3. The summed E-state index contributed by atoms with van der Waals surface area (Å²) in [6.45, 7) is 3.96. The lowest BCUT2D eigenvalue weighted by Gasteiger charge is -2.52. The first kappa shape index (κ1) is 18.6. The van der Waals surface area contributed by atoms with Crippen molar-refractivity contribution in [2.24, 2.45) is 0 Å². The van der Waals surface area contributed by atoms with Gasteiger partial charge in [0.2, 0.25) is 11.8 Å². The number of piperazine rings is 1. The van der Waals surface area contributed by atoms with Gasteiger partial charge in [0.1, 0.15) is 11.6 Å². The molecule has 0 aromatic heterocycles. The lowest BCUT2D eigenvalue weighted by atomic mass is 9.72. The summed E-state index contributed by atoms with van der Waals surface area (Å²) in [7, 11) is 0. The number of benzene rings is 2. The van der Waals surface area contributed by atoms with E-state index in [4.69, 9.17) is 0 Å².